The third kappa shape index (κ3) is 5.38. The summed E-state index contributed by atoms with van der Waals surface area (Å²) in [6.07, 6.45) is -3.94. The van der Waals surface area contributed by atoms with Crippen LogP contribution in [0.25, 0.3) is 0 Å². The van der Waals surface area contributed by atoms with E-state index in [0.29, 0.717) is 39.0 Å². The number of nitrogens with two attached hydrogens (primary N) is 1. The van der Waals surface area contributed by atoms with Gasteiger partial charge in [0, 0.05) is 32.4 Å². The van der Waals surface area contributed by atoms with Gasteiger partial charge in [-0.15, -0.1) is 0 Å². The lowest BCUT2D eigenvalue weighted by atomic mass is 9.79. The number of pyridine rings is 1. The molecule has 11 heteroatoms. The molecule has 3 N–H and O–H groups in total. The van der Waals surface area contributed by atoms with E-state index in [-0.39, 0.29) is 24.6 Å². The molecule has 0 aromatic carbocycles. The van der Waals surface area contributed by atoms with E-state index in [1.54, 1.807) is 16.7 Å². The molecule has 0 radical (unpaired) electrons. The zero-order chi connectivity index (χ0) is 22.8. The van der Waals surface area contributed by atoms with Crippen LogP contribution in [0.4, 0.5) is 23.8 Å². The third-order valence-corrected chi connectivity index (χ3v) is 5.95. The third-order valence-electron chi connectivity index (χ3n) is 5.95. The molecule has 1 saturated heterocycles. The van der Waals surface area contributed by atoms with Crippen LogP contribution in [0.1, 0.15) is 38.2 Å². The van der Waals surface area contributed by atoms with Gasteiger partial charge in [0.15, 0.2) is 0 Å². The van der Waals surface area contributed by atoms with Crippen molar-refractivity contribution in [2.75, 3.05) is 31.1 Å². The van der Waals surface area contributed by atoms with Crippen LogP contribution in [0.3, 0.4) is 0 Å². The van der Waals surface area contributed by atoms with Gasteiger partial charge in [-0.1, -0.05) is 0 Å². The van der Waals surface area contributed by atoms with Crippen LogP contribution in [0.2, 0.25) is 0 Å². The van der Waals surface area contributed by atoms with Gasteiger partial charge in [-0.25, -0.2) is 9.78 Å². The van der Waals surface area contributed by atoms with Crippen molar-refractivity contribution in [3.8, 4) is 0 Å². The van der Waals surface area contributed by atoms with E-state index >= 15 is 0 Å². The monoisotopic (exact) mass is 444 g/mol. The first-order valence-corrected chi connectivity index (χ1v) is 10.2. The van der Waals surface area contributed by atoms with Gasteiger partial charge in [-0.05, 0) is 44.7 Å². The average Bonchev–Trinajstić information content (AvgIpc) is 3.09. The van der Waals surface area contributed by atoms with E-state index in [1.807, 2.05) is 0 Å². The minimum atomic E-state index is -4.45. The Morgan fingerprint density at radius 1 is 1.35 bits per heavy atom. The summed E-state index contributed by atoms with van der Waals surface area (Å²) in [7, 11) is 0. The van der Waals surface area contributed by atoms with Crippen LogP contribution in [0.5, 0.6) is 0 Å². The lowest BCUT2D eigenvalue weighted by Crippen LogP contribution is -2.53. The summed E-state index contributed by atoms with van der Waals surface area (Å²) in [5.41, 5.74) is 3.48. The summed E-state index contributed by atoms with van der Waals surface area (Å²) >= 11 is 0. The van der Waals surface area contributed by atoms with Gasteiger partial charge in [0.25, 0.3) is 0 Å². The Bertz CT molecular complexity index is 812. The van der Waals surface area contributed by atoms with Gasteiger partial charge >= 0.3 is 12.3 Å². The predicted molar refractivity (Wildman–Crippen MR) is 105 cm³/mol. The molecule has 2 aliphatic rings. The van der Waals surface area contributed by atoms with Crippen molar-refractivity contribution in [3.05, 3.63) is 23.9 Å². The van der Waals surface area contributed by atoms with Crippen molar-refractivity contribution in [1.29, 1.82) is 0 Å². The summed E-state index contributed by atoms with van der Waals surface area (Å²) in [6, 6.07) is 1.93. The number of primary amides is 1. The van der Waals surface area contributed by atoms with E-state index in [9.17, 15) is 27.9 Å². The molecule has 8 nitrogen and oxygen atoms in total. The molecule has 2 amide bonds. The number of ether oxygens (including phenoxy) is 1. The van der Waals surface area contributed by atoms with Crippen molar-refractivity contribution >= 4 is 17.8 Å². The number of nitrogens with zero attached hydrogens (tertiary/aromatic N) is 3. The van der Waals surface area contributed by atoms with Crippen molar-refractivity contribution in [2.45, 2.75) is 51.0 Å². The van der Waals surface area contributed by atoms with Gasteiger partial charge in [0.1, 0.15) is 11.9 Å². The fraction of sp³-hybridized carbons (Fsp3) is 0.650. The number of aliphatic hydroxyl groups is 1. The molecule has 1 aromatic heterocycles. The Kier molecular flexibility index (Phi) is 6.63. The number of amides is 2. The maximum Gasteiger partial charge on any atom is 0.416 e. The second-order valence-corrected chi connectivity index (χ2v) is 8.31. The second-order valence-electron chi connectivity index (χ2n) is 8.31. The highest BCUT2D eigenvalue weighted by molar-refractivity contribution is 5.83. The predicted octanol–water partition coefficient (Wildman–Crippen LogP) is 2.15. The van der Waals surface area contributed by atoms with Crippen LogP contribution >= 0.6 is 0 Å². The molecule has 2 unspecified atom stereocenters. The molecule has 2 fully saturated rings. The van der Waals surface area contributed by atoms with Crippen LogP contribution in [-0.4, -0.2) is 65.4 Å². The molecule has 0 spiro atoms. The van der Waals surface area contributed by atoms with Gasteiger partial charge in [0.2, 0.25) is 5.91 Å². The average molecular weight is 444 g/mol. The lowest BCUT2D eigenvalue weighted by molar-refractivity contribution is -0.144. The van der Waals surface area contributed by atoms with Crippen LogP contribution in [0, 0.1) is 5.41 Å². The number of alkyl halides is 3. The summed E-state index contributed by atoms with van der Waals surface area (Å²) < 4.78 is 44.0. The highest BCUT2D eigenvalue weighted by Crippen LogP contribution is 2.45. The Balaban J connectivity index is 1.67. The quantitative estimate of drug-likeness (QED) is 0.721. The highest BCUT2D eigenvalue weighted by atomic mass is 19.4. The SMILES string of the molecule is CC(O)C[C@]1(C(=O)N2CCN(c3cc(C(F)(F)F)ccn3)CC2)CCC(OC(N)=O)C1. The Labute approximate surface area is 178 Å². The maximum atomic E-state index is 13.4. The standard InChI is InChI=1S/C20H27F3N4O4/c1-13(28)11-19(4-2-15(12-19)31-18(24)30)17(29)27-8-6-26(7-9-27)16-10-14(3-5-25-16)20(21,22)23/h3,5,10,13,15,28H,2,4,6-9,11-12H2,1H3,(H2,24,30)/t13?,15?,19-/m1/s1. The normalized spacial score (nSPS) is 25.4. The summed E-state index contributed by atoms with van der Waals surface area (Å²) in [4.78, 5) is 31.9. The van der Waals surface area contributed by atoms with Gasteiger partial charge in [-0.3, -0.25) is 4.79 Å². The fourth-order valence-corrected chi connectivity index (χ4v) is 4.62. The Hall–Kier alpha value is -2.56. The van der Waals surface area contributed by atoms with E-state index in [0.717, 1.165) is 18.3 Å². The Morgan fingerprint density at radius 3 is 2.61 bits per heavy atom. The minimum absolute atomic E-state index is 0.138. The van der Waals surface area contributed by atoms with E-state index < -0.39 is 35.5 Å². The van der Waals surface area contributed by atoms with Crippen molar-refractivity contribution in [1.82, 2.24) is 9.88 Å². The highest BCUT2D eigenvalue weighted by Gasteiger charge is 2.49. The largest absolute Gasteiger partial charge is 0.446 e. The number of carbonyl (C=O) groups is 2. The molecule has 1 aromatic rings. The first kappa shape index (κ1) is 23.1. The van der Waals surface area contributed by atoms with Gasteiger partial charge in [-0.2, -0.15) is 13.2 Å². The van der Waals surface area contributed by atoms with Crippen LogP contribution in [-0.2, 0) is 15.7 Å². The number of hydrogen-bond acceptors (Lipinski definition) is 6. The summed E-state index contributed by atoms with van der Waals surface area (Å²) in [5.74, 6) is 0.0806. The number of aliphatic hydroxyl groups excluding tert-OH is 1. The number of piperazine rings is 1. The molecule has 3 rings (SSSR count). The smallest absolute Gasteiger partial charge is 0.416 e. The van der Waals surface area contributed by atoms with Crippen molar-refractivity contribution in [3.63, 3.8) is 0 Å². The first-order chi connectivity index (χ1) is 14.5. The number of rotatable bonds is 5. The zero-order valence-corrected chi connectivity index (χ0v) is 17.3. The van der Waals surface area contributed by atoms with Crippen LogP contribution < -0.4 is 10.6 Å². The second kappa shape index (κ2) is 8.89. The molecule has 0 bridgehead atoms. The molecular formula is C20H27F3N4O4. The molecule has 31 heavy (non-hydrogen) atoms. The lowest BCUT2D eigenvalue weighted by Gasteiger charge is -2.40. The van der Waals surface area contributed by atoms with E-state index in [2.05, 4.69) is 4.98 Å². The molecular weight excluding hydrogens is 417 g/mol. The first-order valence-electron chi connectivity index (χ1n) is 10.2. The molecule has 1 saturated carbocycles. The number of anilines is 1. The molecule has 1 aliphatic carbocycles. The summed E-state index contributed by atoms with van der Waals surface area (Å²) in [6.45, 7) is 2.92. The van der Waals surface area contributed by atoms with Crippen molar-refractivity contribution < 1.29 is 32.6 Å². The number of halogens is 3. The number of carbonyl (C=O) groups excluding carboxylic acids is 2. The maximum absolute atomic E-state index is 13.4. The zero-order valence-electron chi connectivity index (χ0n) is 17.3. The molecule has 2 heterocycles. The van der Waals surface area contributed by atoms with Gasteiger partial charge in [0.05, 0.1) is 17.1 Å². The molecule has 172 valence electrons. The van der Waals surface area contributed by atoms with Crippen molar-refractivity contribution in [2.24, 2.45) is 11.1 Å². The van der Waals surface area contributed by atoms with Crippen LogP contribution in [0.15, 0.2) is 18.3 Å². The fourth-order valence-electron chi connectivity index (χ4n) is 4.62. The number of aromatic nitrogens is 1. The topological polar surface area (TPSA) is 109 Å². The van der Waals surface area contributed by atoms with Gasteiger partial charge < -0.3 is 25.4 Å². The van der Waals surface area contributed by atoms with E-state index in [1.165, 1.54) is 0 Å². The number of hydrogen-bond donors (Lipinski definition) is 2. The molecule has 3 atom stereocenters. The minimum Gasteiger partial charge on any atom is -0.446 e. The summed E-state index contributed by atoms with van der Waals surface area (Å²) in [5, 5.41) is 9.96. The Morgan fingerprint density at radius 2 is 2.03 bits per heavy atom. The van der Waals surface area contributed by atoms with E-state index in [4.69, 9.17) is 10.5 Å². The molecule has 1 aliphatic heterocycles.